The summed E-state index contributed by atoms with van der Waals surface area (Å²) in [5, 5.41) is 11.5. The molecule has 4 bridgehead atoms. The van der Waals surface area contributed by atoms with Gasteiger partial charge in [0.2, 0.25) is 0 Å². The van der Waals surface area contributed by atoms with E-state index in [-0.39, 0.29) is 11.5 Å². The maximum Gasteiger partial charge on any atom is 0.0745 e. The highest BCUT2D eigenvalue weighted by molar-refractivity contribution is 7.13. The minimum atomic E-state index is -0.123. The Hall–Kier alpha value is -1.82. The molecule has 8 rings (SSSR count). The number of aryl methyl sites for hydroxylation is 1. The summed E-state index contributed by atoms with van der Waals surface area (Å²) in [4.78, 5) is 2.59. The van der Waals surface area contributed by atoms with E-state index in [1.165, 1.54) is 72.6 Å². The van der Waals surface area contributed by atoms with Crippen molar-refractivity contribution in [3.05, 3.63) is 48.5 Å². The number of piperidine rings is 1. The third-order valence-electron chi connectivity index (χ3n) is 10.3. The molecule has 4 aliphatic carbocycles. The molecule has 1 aromatic heterocycles. The lowest BCUT2D eigenvalue weighted by atomic mass is 9.48. The van der Waals surface area contributed by atoms with Crippen molar-refractivity contribution in [2.24, 2.45) is 36.1 Å². The van der Waals surface area contributed by atoms with Gasteiger partial charge in [0.15, 0.2) is 0 Å². The molecule has 192 valence electrons. The van der Waals surface area contributed by atoms with Gasteiger partial charge in [0, 0.05) is 20.1 Å². The van der Waals surface area contributed by atoms with Crippen LogP contribution >= 0.6 is 11.5 Å². The summed E-state index contributed by atoms with van der Waals surface area (Å²) < 4.78 is 6.21. The first-order valence-electron chi connectivity index (χ1n) is 14.3. The largest absolute Gasteiger partial charge is 0.391 e. The number of β-amino-alcohol motifs (C(OH)–C–C–N with tert-alkyl or cyclic N) is 1. The zero-order valence-corrected chi connectivity index (χ0v) is 22.5. The van der Waals surface area contributed by atoms with Crippen LogP contribution in [0, 0.1) is 29.1 Å². The second kappa shape index (κ2) is 9.18. The van der Waals surface area contributed by atoms with Crippen LogP contribution in [0.4, 0.5) is 0 Å². The van der Waals surface area contributed by atoms with E-state index in [9.17, 15) is 5.11 Å². The van der Waals surface area contributed by atoms with Crippen molar-refractivity contribution in [2.45, 2.75) is 64.0 Å². The number of hydrogen-bond donors (Lipinski definition) is 1. The van der Waals surface area contributed by atoms with E-state index >= 15 is 0 Å². The molecule has 3 aromatic rings. The Kier molecular flexibility index (Phi) is 5.94. The fourth-order valence-corrected chi connectivity index (χ4v) is 10.0. The Morgan fingerprint density at radius 2 is 1.44 bits per heavy atom. The molecule has 5 fully saturated rings. The summed E-state index contributed by atoms with van der Waals surface area (Å²) in [6, 6.07) is 17.6. The standard InChI is InChI=1S/C31H41N3OS/c1-32-26-6-2-3-7-27(26)34(36-29-9-5-4-8-28(29)32)20-22-10-12-33(13-11-22)21-30(35)31-17-23-14-24(18-31)16-25(15-23)19-31/h2-9,22-25,30,35H,10-21H2,1H3. The van der Waals surface area contributed by atoms with Crippen LogP contribution < -0.4 is 0 Å². The number of para-hydroxylation sites is 3. The minimum Gasteiger partial charge on any atom is -0.391 e. The summed E-state index contributed by atoms with van der Waals surface area (Å²) in [7, 11) is 2.19. The second-order valence-corrected chi connectivity index (χ2v) is 13.8. The van der Waals surface area contributed by atoms with Crippen LogP contribution in [-0.4, -0.2) is 44.3 Å². The Morgan fingerprint density at radius 1 is 0.861 bits per heavy atom. The van der Waals surface area contributed by atoms with Crippen LogP contribution in [0.25, 0.3) is 21.3 Å². The average Bonchev–Trinajstić information content (AvgIpc) is 2.99. The monoisotopic (exact) mass is 503 g/mol. The van der Waals surface area contributed by atoms with E-state index in [4.69, 9.17) is 0 Å². The predicted octanol–water partition coefficient (Wildman–Crippen LogP) is 6.61. The fraction of sp³-hybridized carbons (Fsp3) is 0.613. The number of hydrogen-bond acceptors (Lipinski definition) is 3. The number of fused-ring (bicyclic) bond motifs is 2. The summed E-state index contributed by atoms with van der Waals surface area (Å²) in [5.74, 6) is 3.42. The molecule has 5 heteroatoms. The molecule has 1 aliphatic heterocycles. The van der Waals surface area contributed by atoms with E-state index < -0.39 is 0 Å². The van der Waals surface area contributed by atoms with Crippen molar-refractivity contribution < 1.29 is 5.11 Å². The second-order valence-electron chi connectivity index (χ2n) is 12.7. The molecule has 5 aliphatic rings. The normalized spacial score (nSPS) is 31.3. The van der Waals surface area contributed by atoms with Gasteiger partial charge in [-0.15, -0.1) is 0 Å². The molecule has 1 saturated heterocycles. The van der Waals surface area contributed by atoms with Crippen molar-refractivity contribution >= 4 is 32.8 Å². The molecule has 2 heterocycles. The number of aliphatic hydroxyl groups excluding tert-OH is 1. The van der Waals surface area contributed by atoms with Gasteiger partial charge in [-0.2, -0.15) is 0 Å². The van der Waals surface area contributed by atoms with Crippen molar-refractivity contribution in [3.8, 4) is 0 Å². The van der Waals surface area contributed by atoms with E-state index in [1.807, 2.05) is 11.5 Å². The maximum atomic E-state index is 11.5. The third kappa shape index (κ3) is 4.12. The highest BCUT2D eigenvalue weighted by Gasteiger charge is 2.54. The lowest BCUT2D eigenvalue weighted by molar-refractivity contribution is -0.128. The van der Waals surface area contributed by atoms with Crippen LogP contribution in [0.2, 0.25) is 0 Å². The topological polar surface area (TPSA) is 33.3 Å². The van der Waals surface area contributed by atoms with Crippen LogP contribution in [0.5, 0.6) is 0 Å². The molecule has 4 saturated carbocycles. The van der Waals surface area contributed by atoms with Crippen molar-refractivity contribution in [3.63, 3.8) is 0 Å². The minimum absolute atomic E-state index is 0.123. The SMILES string of the molecule is Cn1c2ccccc2sn(CC2CCN(CC(O)C34CC5CC(CC(C5)C3)C4)CC2)c2ccccc21. The molecule has 1 N–H and O–H groups in total. The number of benzene rings is 2. The summed E-state index contributed by atoms with van der Waals surface area (Å²) in [5.41, 5.74) is 4.13. The van der Waals surface area contributed by atoms with Crippen LogP contribution in [0.15, 0.2) is 48.5 Å². The van der Waals surface area contributed by atoms with Gasteiger partial charge in [0.25, 0.3) is 0 Å². The van der Waals surface area contributed by atoms with Gasteiger partial charge in [0.1, 0.15) is 0 Å². The van der Waals surface area contributed by atoms with Crippen LogP contribution in [-0.2, 0) is 13.6 Å². The Bertz CT molecular complexity index is 1260. The Morgan fingerprint density at radius 3 is 2.11 bits per heavy atom. The van der Waals surface area contributed by atoms with Gasteiger partial charge >= 0.3 is 0 Å². The maximum absolute atomic E-state index is 11.5. The predicted molar refractivity (Wildman–Crippen MR) is 150 cm³/mol. The van der Waals surface area contributed by atoms with Crippen molar-refractivity contribution in [2.75, 3.05) is 19.6 Å². The molecular weight excluding hydrogens is 462 g/mol. The van der Waals surface area contributed by atoms with E-state index in [2.05, 4.69) is 69.0 Å². The Balaban J connectivity index is 1.06. The zero-order valence-electron chi connectivity index (χ0n) is 21.7. The Labute approximate surface area is 219 Å². The molecule has 1 unspecified atom stereocenters. The number of aromatic nitrogens is 2. The molecule has 2 aromatic carbocycles. The van der Waals surface area contributed by atoms with Crippen molar-refractivity contribution in [1.82, 2.24) is 13.4 Å². The van der Waals surface area contributed by atoms with Gasteiger partial charge < -0.3 is 14.6 Å². The highest BCUT2D eigenvalue weighted by Crippen LogP contribution is 2.61. The lowest BCUT2D eigenvalue weighted by Crippen LogP contribution is -2.55. The van der Waals surface area contributed by atoms with Crippen LogP contribution in [0.1, 0.15) is 51.4 Å². The smallest absolute Gasteiger partial charge is 0.0745 e. The zero-order chi connectivity index (χ0) is 24.3. The number of nitrogens with zero attached hydrogens (tertiary/aromatic N) is 3. The molecular formula is C31H41N3OS. The summed E-state index contributed by atoms with van der Waals surface area (Å²) >= 11 is 1.90. The number of aliphatic hydroxyl groups is 1. The quantitative estimate of drug-likeness (QED) is 0.425. The fourth-order valence-electron chi connectivity index (χ4n) is 8.81. The third-order valence-corrected chi connectivity index (χ3v) is 11.4. The molecule has 36 heavy (non-hydrogen) atoms. The average molecular weight is 504 g/mol. The van der Waals surface area contributed by atoms with E-state index in [0.717, 1.165) is 43.9 Å². The first-order chi connectivity index (χ1) is 17.6. The molecule has 0 radical (unpaired) electrons. The van der Waals surface area contributed by atoms with Crippen molar-refractivity contribution in [1.29, 1.82) is 0 Å². The highest BCUT2D eigenvalue weighted by atomic mass is 32.1. The molecule has 1 atom stereocenters. The van der Waals surface area contributed by atoms with Gasteiger partial charge in [-0.05, 0) is 118 Å². The van der Waals surface area contributed by atoms with Gasteiger partial charge in [-0.3, -0.25) is 3.96 Å². The van der Waals surface area contributed by atoms with E-state index in [0.29, 0.717) is 5.92 Å². The summed E-state index contributed by atoms with van der Waals surface area (Å²) in [6.07, 6.45) is 10.6. The number of likely N-dealkylation sites (tertiary alicyclic amines) is 1. The first-order valence-corrected chi connectivity index (χ1v) is 15.1. The summed E-state index contributed by atoms with van der Waals surface area (Å²) in [6.45, 7) is 4.24. The molecule has 4 nitrogen and oxygen atoms in total. The van der Waals surface area contributed by atoms with Gasteiger partial charge in [-0.25, -0.2) is 0 Å². The van der Waals surface area contributed by atoms with E-state index in [1.54, 1.807) is 0 Å². The van der Waals surface area contributed by atoms with Crippen LogP contribution in [0.3, 0.4) is 0 Å². The molecule has 0 spiro atoms. The van der Waals surface area contributed by atoms with Gasteiger partial charge in [-0.1, -0.05) is 35.8 Å². The molecule has 0 amide bonds. The lowest BCUT2D eigenvalue weighted by Gasteiger charge is -2.59. The number of rotatable bonds is 5. The first kappa shape index (κ1) is 23.3. The van der Waals surface area contributed by atoms with Gasteiger partial charge in [0.05, 0.1) is 27.4 Å².